The lowest BCUT2D eigenvalue weighted by Crippen LogP contribution is -2.06. The van der Waals surface area contributed by atoms with E-state index in [1.165, 1.54) is 7.11 Å². The Bertz CT molecular complexity index is 956. The first kappa shape index (κ1) is 18.5. The molecule has 0 amide bonds. The maximum absolute atomic E-state index is 12.0. The fraction of sp³-hybridized carbons (Fsp3) is 0.238. The van der Waals surface area contributed by atoms with Crippen molar-refractivity contribution in [2.75, 3.05) is 25.6 Å². The Morgan fingerprint density at radius 1 is 1.00 bits per heavy atom. The summed E-state index contributed by atoms with van der Waals surface area (Å²) in [5.74, 6) is 0.969. The predicted molar refractivity (Wildman–Crippen MR) is 105 cm³/mol. The van der Waals surface area contributed by atoms with Crippen LogP contribution in [0.15, 0.2) is 48.5 Å². The van der Waals surface area contributed by atoms with Gasteiger partial charge >= 0.3 is 5.97 Å². The molecule has 1 aromatic heterocycles. The van der Waals surface area contributed by atoms with Crippen LogP contribution in [0.2, 0.25) is 0 Å². The Morgan fingerprint density at radius 3 is 2.52 bits per heavy atom. The van der Waals surface area contributed by atoms with Gasteiger partial charge in [-0.15, -0.1) is 0 Å². The molecule has 3 aromatic rings. The third-order valence-corrected chi connectivity index (χ3v) is 3.94. The van der Waals surface area contributed by atoms with E-state index in [0.29, 0.717) is 24.4 Å². The fourth-order valence-corrected chi connectivity index (χ4v) is 2.77. The van der Waals surface area contributed by atoms with Crippen molar-refractivity contribution in [3.8, 4) is 11.5 Å². The molecule has 1 N–H and O–H groups in total. The number of aromatic nitrogens is 1. The summed E-state index contributed by atoms with van der Waals surface area (Å²) < 4.78 is 16.1. The van der Waals surface area contributed by atoms with Crippen LogP contribution in [-0.4, -0.2) is 31.3 Å². The molecule has 6 heteroatoms. The van der Waals surface area contributed by atoms with Crippen LogP contribution in [0, 0.1) is 0 Å². The van der Waals surface area contributed by atoms with E-state index in [-0.39, 0.29) is 5.69 Å². The van der Waals surface area contributed by atoms with Gasteiger partial charge in [0.25, 0.3) is 0 Å². The lowest BCUT2D eigenvalue weighted by Gasteiger charge is -2.15. The first-order chi connectivity index (χ1) is 13.2. The number of benzene rings is 2. The Balaban J connectivity index is 2.13. The third kappa shape index (κ3) is 4.11. The van der Waals surface area contributed by atoms with E-state index in [9.17, 15) is 4.79 Å². The number of para-hydroxylation sites is 2. The number of carbonyl (C=O) groups is 1. The van der Waals surface area contributed by atoms with E-state index >= 15 is 0 Å². The second-order valence-corrected chi connectivity index (χ2v) is 5.71. The number of nitrogens with zero attached hydrogens (tertiary/aromatic N) is 1. The van der Waals surface area contributed by atoms with Crippen LogP contribution in [-0.2, 0) is 4.74 Å². The number of methoxy groups -OCH3 is 1. The van der Waals surface area contributed by atoms with E-state index in [1.54, 1.807) is 6.07 Å². The summed E-state index contributed by atoms with van der Waals surface area (Å²) in [7, 11) is 1.34. The van der Waals surface area contributed by atoms with Crippen molar-refractivity contribution < 1.29 is 19.0 Å². The van der Waals surface area contributed by atoms with Gasteiger partial charge in [-0.05, 0) is 50.2 Å². The highest BCUT2D eigenvalue weighted by Crippen LogP contribution is 2.33. The van der Waals surface area contributed by atoms with Crippen molar-refractivity contribution >= 4 is 28.2 Å². The van der Waals surface area contributed by atoms with Gasteiger partial charge in [-0.3, -0.25) is 0 Å². The topological polar surface area (TPSA) is 69.7 Å². The maximum Gasteiger partial charge on any atom is 0.356 e. The van der Waals surface area contributed by atoms with Gasteiger partial charge in [-0.25, -0.2) is 9.78 Å². The van der Waals surface area contributed by atoms with Crippen LogP contribution in [0.4, 0.5) is 11.4 Å². The van der Waals surface area contributed by atoms with Crippen LogP contribution in [0.25, 0.3) is 10.9 Å². The van der Waals surface area contributed by atoms with Crippen molar-refractivity contribution in [1.29, 1.82) is 0 Å². The van der Waals surface area contributed by atoms with E-state index < -0.39 is 5.97 Å². The smallest absolute Gasteiger partial charge is 0.356 e. The summed E-state index contributed by atoms with van der Waals surface area (Å²) in [6.07, 6.45) is 0. The lowest BCUT2D eigenvalue weighted by molar-refractivity contribution is 0.0594. The van der Waals surface area contributed by atoms with Crippen molar-refractivity contribution in [1.82, 2.24) is 4.98 Å². The van der Waals surface area contributed by atoms with E-state index in [1.807, 2.05) is 56.3 Å². The summed E-state index contributed by atoms with van der Waals surface area (Å²) in [4.78, 5) is 16.4. The summed E-state index contributed by atoms with van der Waals surface area (Å²) in [5.41, 5.74) is 2.40. The molecule has 1 heterocycles. The zero-order valence-electron chi connectivity index (χ0n) is 15.6. The molecule has 0 saturated carbocycles. The normalized spacial score (nSPS) is 10.5. The first-order valence-electron chi connectivity index (χ1n) is 8.81. The van der Waals surface area contributed by atoms with E-state index in [0.717, 1.165) is 22.6 Å². The van der Waals surface area contributed by atoms with Crippen LogP contribution < -0.4 is 14.8 Å². The second-order valence-electron chi connectivity index (χ2n) is 5.71. The average Bonchev–Trinajstić information content (AvgIpc) is 2.69. The number of rotatable bonds is 7. The van der Waals surface area contributed by atoms with Crippen LogP contribution >= 0.6 is 0 Å². The second kappa shape index (κ2) is 8.40. The standard InChI is InChI=1S/C21H22N2O4/c1-4-26-14-10-11-16-15(12-14)18(13-19(22-16)21(24)25-3)23-17-8-6-7-9-20(17)27-5-2/h6-13H,4-5H2,1-3H3,(H,22,23). The van der Waals surface area contributed by atoms with Crippen molar-refractivity contribution in [3.05, 3.63) is 54.2 Å². The summed E-state index contributed by atoms with van der Waals surface area (Å²) >= 11 is 0. The minimum atomic E-state index is -0.494. The molecule has 0 aliphatic carbocycles. The molecule has 0 radical (unpaired) electrons. The predicted octanol–water partition coefficient (Wildman–Crippen LogP) is 4.56. The minimum Gasteiger partial charge on any atom is -0.494 e. The summed E-state index contributed by atoms with van der Waals surface area (Å²) in [6, 6.07) is 14.9. The highest BCUT2D eigenvalue weighted by Gasteiger charge is 2.14. The minimum absolute atomic E-state index is 0.227. The number of ether oxygens (including phenoxy) is 3. The summed E-state index contributed by atoms with van der Waals surface area (Å²) in [5, 5.41) is 4.19. The highest BCUT2D eigenvalue weighted by molar-refractivity contribution is 5.99. The molecule has 0 bridgehead atoms. The molecule has 0 fully saturated rings. The molecule has 0 unspecified atom stereocenters. The molecule has 6 nitrogen and oxygen atoms in total. The molecule has 27 heavy (non-hydrogen) atoms. The SMILES string of the molecule is CCOc1ccc2nc(C(=O)OC)cc(Nc3ccccc3OCC)c2c1. The molecular formula is C21H22N2O4. The van der Waals surface area contributed by atoms with E-state index in [2.05, 4.69) is 10.3 Å². The van der Waals surface area contributed by atoms with Gasteiger partial charge in [0.2, 0.25) is 0 Å². The maximum atomic E-state index is 12.0. The number of fused-ring (bicyclic) bond motifs is 1. The largest absolute Gasteiger partial charge is 0.494 e. The number of esters is 1. The van der Waals surface area contributed by atoms with Crippen LogP contribution in [0.3, 0.4) is 0 Å². The third-order valence-electron chi connectivity index (χ3n) is 3.94. The van der Waals surface area contributed by atoms with Crippen molar-refractivity contribution in [3.63, 3.8) is 0 Å². The average molecular weight is 366 g/mol. The fourth-order valence-electron chi connectivity index (χ4n) is 2.77. The molecule has 0 aliphatic heterocycles. The lowest BCUT2D eigenvalue weighted by atomic mass is 10.1. The van der Waals surface area contributed by atoms with Gasteiger partial charge in [-0.2, -0.15) is 0 Å². The number of carbonyl (C=O) groups excluding carboxylic acids is 1. The van der Waals surface area contributed by atoms with Gasteiger partial charge in [0.15, 0.2) is 5.69 Å². The number of hydrogen-bond donors (Lipinski definition) is 1. The molecule has 0 aliphatic rings. The monoisotopic (exact) mass is 366 g/mol. The Hall–Kier alpha value is -3.28. The number of hydrogen-bond acceptors (Lipinski definition) is 6. The Morgan fingerprint density at radius 2 is 1.78 bits per heavy atom. The number of nitrogens with one attached hydrogen (secondary N) is 1. The Kier molecular flexibility index (Phi) is 5.76. The molecular weight excluding hydrogens is 344 g/mol. The molecule has 3 rings (SSSR count). The zero-order chi connectivity index (χ0) is 19.2. The van der Waals surface area contributed by atoms with Gasteiger partial charge in [0.1, 0.15) is 11.5 Å². The summed E-state index contributed by atoms with van der Waals surface area (Å²) in [6.45, 7) is 4.98. The zero-order valence-corrected chi connectivity index (χ0v) is 15.6. The highest BCUT2D eigenvalue weighted by atomic mass is 16.5. The number of pyridine rings is 1. The van der Waals surface area contributed by atoms with Gasteiger partial charge < -0.3 is 19.5 Å². The Labute approximate surface area is 158 Å². The van der Waals surface area contributed by atoms with Gasteiger partial charge in [0, 0.05) is 5.39 Å². The quantitative estimate of drug-likeness (QED) is 0.618. The molecule has 0 atom stereocenters. The van der Waals surface area contributed by atoms with Crippen molar-refractivity contribution in [2.24, 2.45) is 0 Å². The van der Waals surface area contributed by atoms with Gasteiger partial charge in [0.05, 0.1) is 37.2 Å². The van der Waals surface area contributed by atoms with Crippen LogP contribution in [0.1, 0.15) is 24.3 Å². The van der Waals surface area contributed by atoms with E-state index in [4.69, 9.17) is 14.2 Å². The molecule has 0 saturated heterocycles. The molecule has 0 spiro atoms. The van der Waals surface area contributed by atoms with Crippen LogP contribution in [0.5, 0.6) is 11.5 Å². The molecule has 140 valence electrons. The number of anilines is 2. The van der Waals surface area contributed by atoms with Gasteiger partial charge in [-0.1, -0.05) is 12.1 Å². The molecule has 2 aromatic carbocycles. The van der Waals surface area contributed by atoms with Crippen molar-refractivity contribution in [2.45, 2.75) is 13.8 Å². The first-order valence-corrected chi connectivity index (χ1v) is 8.81.